The van der Waals surface area contributed by atoms with Crippen LogP contribution in [0.1, 0.15) is 16.7 Å². The lowest BCUT2D eigenvalue weighted by molar-refractivity contribution is -0.130. The molecule has 1 fully saturated rings. The van der Waals surface area contributed by atoms with E-state index in [1.165, 1.54) is 11.1 Å². The fraction of sp³-hybridized carbons (Fsp3) is 0.300. The van der Waals surface area contributed by atoms with Crippen molar-refractivity contribution < 1.29 is 14.4 Å². The first kappa shape index (κ1) is 18.0. The molecule has 2 aliphatic heterocycles. The summed E-state index contributed by atoms with van der Waals surface area (Å²) >= 11 is 0. The minimum Gasteiger partial charge on any atom is -0.352 e. The van der Waals surface area contributed by atoms with Crippen LogP contribution in [0.3, 0.4) is 0 Å². The van der Waals surface area contributed by atoms with E-state index in [0.29, 0.717) is 0 Å². The summed E-state index contributed by atoms with van der Waals surface area (Å²) in [6.07, 6.45) is 2.69. The molecule has 0 saturated carbocycles. The molecule has 1 aromatic carbocycles. The standard InChI is InChI=1S/C20H21N5O3/c26-17(13-25-18(27)11-23-20(25)28)22-10-15-6-3-8-21-19(15)24-9-7-14-4-1-2-5-16(14)12-24/h1-6,8H,7,9-13H2,(H,22,26)(H,23,28). The van der Waals surface area contributed by atoms with E-state index in [9.17, 15) is 14.4 Å². The van der Waals surface area contributed by atoms with Gasteiger partial charge in [0.1, 0.15) is 12.4 Å². The molecule has 0 unspecified atom stereocenters. The van der Waals surface area contributed by atoms with Crippen LogP contribution in [-0.4, -0.2) is 47.4 Å². The van der Waals surface area contributed by atoms with Crippen LogP contribution in [0.4, 0.5) is 10.6 Å². The van der Waals surface area contributed by atoms with Crippen molar-refractivity contribution >= 4 is 23.7 Å². The van der Waals surface area contributed by atoms with Gasteiger partial charge in [0, 0.05) is 31.4 Å². The molecule has 2 aliphatic rings. The molecule has 4 rings (SSSR count). The Balaban J connectivity index is 1.42. The summed E-state index contributed by atoms with van der Waals surface area (Å²) in [6, 6.07) is 11.6. The van der Waals surface area contributed by atoms with Gasteiger partial charge >= 0.3 is 6.03 Å². The highest BCUT2D eigenvalue weighted by Gasteiger charge is 2.30. The predicted molar refractivity (Wildman–Crippen MR) is 102 cm³/mol. The number of rotatable bonds is 5. The van der Waals surface area contributed by atoms with Gasteiger partial charge in [-0.15, -0.1) is 0 Å². The third-order valence-corrected chi connectivity index (χ3v) is 5.01. The van der Waals surface area contributed by atoms with Gasteiger partial charge in [-0.3, -0.25) is 14.5 Å². The average molecular weight is 379 g/mol. The lowest BCUT2D eigenvalue weighted by atomic mass is 9.99. The minimum absolute atomic E-state index is 0.0602. The molecule has 2 aromatic rings. The molecule has 1 aromatic heterocycles. The number of aromatic nitrogens is 1. The van der Waals surface area contributed by atoms with Crippen molar-refractivity contribution in [1.29, 1.82) is 0 Å². The zero-order valence-corrected chi connectivity index (χ0v) is 15.4. The van der Waals surface area contributed by atoms with Crippen LogP contribution in [0.2, 0.25) is 0 Å². The van der Waals surface area contributed by atoms with E-state index in [1.54, 1.807) is 6.20 Å². The number of urea groups is 1. The Labute approximate surface area is 162 Å². The third-order valence-electron chi connectivity index (χ3n) is 5.01. The molecule has 0 bridgehead atoms. The van der Waals surface area contributed by atoms with E-state index in [4.69, 9.17) is 0 Å². The number of pyridine rings is 1. The maximum absolute atomic E-state index is 12.2. The fourth-order valence-electron chi connectivity index (χ4n) is 3.54. The normalized spacial score (nSPS) is 16.0. The second-order valence-electron chi connectivity index (χ2n) is 6.84. The first-order valence-electron chi connectivity index (χ1n) is 9.22. The maximum atomic E-state index is 12.2. The molecule has 144 valence electrons. The first-order valence-corrected chi connectivity index (χ1v) is 9.22. The van der Waals surface area contributed by atoms with Gasteiger partial charge in [-0.2, -0.15) is 0 Å². The molecular weight excluding hydrogens is 358 g/mol. The summed E-state index contributed by atoms with van der Waals surface area (Å²) in [4.78, 5) is 43.0. The number of hydrogen-bond donors (Lipinski definition) is 2. The monoisotopic (exact) mass is 379 g/mol. The number of carbonyl (C=O) groups is 3. The number of nitrogens with zero attached hydrogens (tertiary/aromatic N) is 3. The van der Waals surface area contributed by atoms with Gasteiger partial charge in [0.05, 0.1) is 6.54 Å². The van der Waals surface area contributed by atoms with Gasteiger partial charge in [-0.25, -0.2) is 9.78 Å². The van der Waals surface area contributed by atoms with E-state index in [2.05, 4.69) is 38.7 Å². The van der Waals surface area contributed by atoms with E-state index >= 15 is 0 Å². The number of hydrogen-bond acceptors (Lipinski definition) is 5. The Morgan fingerprint density at radius 3 is 2.75 bits per heavy atom. The van der Waals surface area contributed by atoms with Gasteiger partial charge in [0.25, 0.3) is 5.91 Å². The number of anilines is 1. The number of amides is 4. The van der Waals surface area contributed by atoms with E-state index in [1.807, 2.05) is 18.2 Å². The zero-order chi connectivity index (χ0) is 19.5. The van der Waals surface area contributed by atoms with Gasteiger partial charge in [0.2, 0.25) is 5.91 Å². The van der Waals surface area contributed by atoms with Gasteiger partial charge in [0.15, 0.2) is 0 Å². The number of imide groups is 1. The molecular formula is C20H21N5O3. The largest absolute Gasteiger partial charge is 0.352 e. The van der Waals surface area contributed by atoms with Crippen molar-refractivity contribution in [3.05, 3.63) is 59.3 Å². The Morgan fingerprint density at radius 1 is 1.14 bits per heavy atom. The molecule has 1 saturated heterocycles. The zero-order valence-electron chi connectivity index (χ0n) is 15.4. The highest BCUT2D eigenvalue weighted by atomic mass is 16.2. The molecule has 8 heteroatoms. The summed E-state index contributed by atoms with van der Waals surface area (Å²) in [6.45, 7) is 1.57. The molecule has 0 spiro atoms. The molecule has 28 heavy (non-hydrogen) atoms. The summed E-state index contributed by atoms with van der Waals surface area (Å²) in [5, 5.41) is 5.19. The van der Waals surface area contributed by atoms with Crippen LogP contribution in [0, 0.1) is 0 Å². The topological polar surface area (TPSA) is 94.6 Å². The van der Waals surface area contributed by atoms with Crippen LogP contribution < -0.4 is 15.5 Å². The van der Waals surface area contributed by atoms with Crippen LogP contribution in [0.25, 0.3) is 0 Å². The first-order chi connectivity index (χ1) is 13.6. The number of fused-ring (bicyclic) bond motifs is 1. The predicted octanol–water partition coefficient (Wildman–Crippen LogP) is 0.812. The lowest BCUT2D eigenvalue weighted by Gasteiger charge is -2.31. The van der Waals surface area contributed by atoms with E-state index in [0.717, 1.165) is 35.8 Å². The Hall–Kier alpha value is -3.42. The van der Waals surface area contributed by atoms with Crippen molar-refractivity contribution in [3.8, 4) is 0 Å². The van der Waals surface area contributed by atoms with Gasteiger partial charge in [-0.05, 0) is 23.6 Å². The van der Waals surface area contributed by atoms with Crippen LogP contribution in [-0.2, 0) is 29.1 Å². The number of benzene rings is 1. The SMILES string of the molecule is O=C(CN1C(=O)CNC1=O)NCc1cccnc1N1CCc2ccccc2C1. The van der Waals surface area contributed by atoms with Crippen molar-refractivity contribution in [2.24, 2.45) is 0 Å². The van der Waals surface area contributed by atoms with Crippen LogP contribution in [0.15, 0.2) is 42.6 Å². The smallest absolute Gasteiger partial charge is 0.325 e. The second kappa shape index (κ2) is 7.67. The van der Waals surface area contributed by atoms with Crippen molar-refractivity contribution in [3.63, 3.8) is 0 Å². The average Bonchev–Trinajstić information content (AvgIpc) is 3.04. The second-order valence-corrected chi connectivity index (χ2v) is 6.84. The molecule has 4 amide bonds. The molecule has 8 nitrogen and oxygen atoms in total. The minimum atomic E-state index is -0.533. The molecule has 0 radical (unpaired) electrons. The highest BCUT2D eigenvalue weighted by Crippen LogP contribution is 2.25. The summed E-state index contributed by atoms with van der Waals surface area (Å²) in [5.41, 5.74) is 3.54. The Kier molecular flexibility index (Phi) is 4.92. The van der Waals surface area contributed by atoms with Crippen molar-refractivity contribution in [2.45, 2.75) is 19.5 Å². The fourth-order valence-corrected chi connectivity index (χ4v) is 3.54. The Morgan fingerprint density at radius 2 is 1.96 bits per heavy atom. The summed E-state index contributed by atoms with van der Waals surface area (Å²) < 4.78 is 0. The van der Waals surface area contributed by atoms with Gasteiger partial charge in [-0.1, -0.05) is 30.3 Å². The van der Waals surface area contributed by atoms with Crippen LogP contribution in [0.5, 0.6) is 0 Å². The quantitative estimate of drug-likeness (QED) is 0.750. The van der Waals surface area contributed by atoms with Gasteiger partial charge < -0.3 is 15.5 Å². The molecule has 3 heterocycles. The Bertz CT molecular complexity index is 914. The number of nitrogens with one attached hydrogen (secondary N) is 2. The maximum Gasteiger partial charge on any atom is 0.325 e. The third kappa shape index (κ3) is 3.66. The van der Waals surface area contributed by atoms with E-state index < -0.39 is 11.9 Å². The highest BCUT2D eigenvalue weighted by molar-refractivity contribution is 6.04. The number of carbonyl (C=O) groups excluding carboxylic acids is 3. The van der Waals surface area contributed by atoms with E-state index in [-0.39, 0.29) is 25.5 Å². The molecule has 0 atom stereocenters. The van der Waals surface area contributed by atoms with Crippen molar-refractivity contribution in [2.75, 3.05) is 24.5 Å². The summed E-state index contributed by atoms with van der Waals surface area (Å²) in [7, 11) is 0. The van der Waals surface area contributed by atoms with Crippen LogP contribution >= 0.6 is 0 Å². The summed E-state index contributed by atoms with van der Waals surface area (Å²) in [5.74, 6) is 0.0608. The molecule has 0 aliphatic carbocycles. The van der Waals surface area contributed by atoms with Crippen molar-refractivity contribution in [1.82, 2.24) is 20.5 Å². The molecule has 2 N–H and O–H groups in total. The lowest BCUT2D eigenvalue weighted by Crippen LogP contribution is -2.41.